The standard InChI is InChI=1S/C12H7F2N3/c13-8-2-3-10(14)9(5-8)11-4-1-7(6-15)12(16)17-11/h1-5H,(H2,16,17). The van der Waals surface area contributed by atoms with Crippen LogP contribution in [-0.4, -0.2) is 4.98 Å². The number of pyridine rings is 1. The van der Waals surface area contributed by atoms with E-state index in [2.05, 4.69) is 4.98 Å². The summed E-state index contributed by atoms with van der Waals surface area (Å²) in [5.74, 6) is -1.16. The molecule has 0 aliphatic rings. The van der Waals surface area contributed by atoms with Crippen LogP contribution in [0.5, 0.6) is 0 Å². The van der Waals surface area contributed by atoms with Crippen LogP contribution in [0.4, 0.5) is 14.6 Å². The number of nitrogens with zero attached hydrogens (tertiary/aromatic N) is 2. The summed E-state index contributed by atoms with van der Waals surface area (Å²) in [6.07, 6.45) is 0. The fourth-order valence-electron chi connectivity index (χ4n) is 1.41. The normalized spacial score (nSPS) is 9.94. The zero-order chi connectivity index (χ0) is 12.4. The zero-order valence-corrected chi connectivity index (χ0v) is 8.61. The van der Waals surface area contributed by atoms with Crippen LogP contribution >= 0.6 is 0 Å². The molecule has 0 spiro atoms. The monoisotopic (exact) mass is 231 g/mol. The third-order valence-electron chi connectivity index (χ3n) is 2.25. The molecule has 1 heterocycles. The van der Waals surface area contributed by atoms with E-state index in [1.54, 1.807) is 0 Å². The van der Waals surface area contributed by atoms with Gasteiger partial charge in [0.1, 0.15) is 23.5 Å². The predicted octanol–water partition coefficient (Wildman–Crippen LogP) is 2.48. The molecule has 1 aromatic carbocycles. The van der Waals surface area contributed by atoms with Gasteiger partial charge in [0.15, 0.2) is 0 Å². The maximum Gasteiger partial charge on any atom is 0.142 e. The third-order valence-corrected chi connectivity index (χ3v) is 2.25. The van der Waals surface area contributed by atoms with E-state index in [1.807, 2.05) is 6.07 Å². The van der Waals surface area contributed by atoms with E-state index < -0.39 is 11.6 Å². The summed E-state index contributed by atoms with van der Waals surface area (Å²) >= 11 is 0. The molecule has 0 atom stereocenters. The number of anilines is 1. The van der Waals surface area contributed by atoms with Crippen molar-refractivity contribution in [3.8, 4) is 17.3 Å². The van der Waals surface area contributed by atoms with Gasteiger partial charge in [0.25, 0.3) is 0 Å². The summed E-state index contributed by atoms with van der Waals surface area (Å²) in [5.41, 5.74) is 5.92. The number of hydrogen-bond acceptors (Lipinski definition) is 3. The molecule has 2 N–H and O–H groups in total. The topological polar surface area (TPSA) is 62.7 Å². The number of halogens is 2. The van der Waals surface area contributed by atoms with Crippen molar-refractivity contribution in [1.82, 2.24) is 4.98 Å². The van der Waals surface area contributed by atoms with Gasteiger partial charge < -0.3 is 5.73 Å². The second-order valence-electron chi connectivity index (χ2n) is 3.37. The minimum Gasteiger partial charge on any atom is -0.383 e. The van der Waals surface area contributed by atoms with Crippen molar-refractivity contribution in [2.75, 3.05) is 5.73 Å². The van der Waals surface area contributed by atoms with E-state index in [0.29, 0.717) is 0 Å². The second kappa shape index (κ2) is 4.18. The van der Waals surface area contributed by atoms with E-state index in [0.717, 1.165) is 18.2 Å². The SMILES string of the molecule is N#Cc1ccc(-c2cc(F)ccc2F)nc1N. The highest BCUT2D eigenvalue weighted by Gasteiger charge is 2.09. The summed E-state index contributed by atoms with van der Waals surface area (Å²) in [6, 6.07) is 7.75. The molecule has 3 nitrogen and oxygen atoms in total. The Hall–Kier alpha value is -2.48. The van der Waals surface area contributed by atoms with Gasteiger partial charge in [0.05, 0.1) is 11.3 Å². The largest absolute Gasteiger partial charge is 0.383 e. The molecule has 2 rings (SSSR count). The predicted molar refractivity (Wildman–Crippen MR) is 58.7 cm³/mol. The molecule has 0 saturated carbocycles. The van der Waals surface area contributed by atoms with Crippen LogP contribution in [0.25, 0.3) is 11.3 Å². The first-order valence-corrected chi connectivity index (χ1v) is 4.74. The molecular formula is C12H7F2N3. The molecule has 0 saturated heterocycles. The molecule has 0 unspecified atom stereocenters. The molecule has 17 heavy (non-hydrogen) atoms. The Labute approximate surface area is 96.1 Å². The number of nitriles is 1. The van der Waals surface area contributed by atoms with Crippen molar-refractivity contribution in [3.05, 3.63) is 47.5 Å². The van der Waals surface area contributed by atoms with Crippen molar-refractivity contribution in [1.29, 1.82) is 5.26 Å². The third kappa shape index (κ3) is 2.06. The fraction of sp³-hybridized carbons (Fsp3) is 0. The maximum atomic E-state index is 13.5. The highest BCUT2D eigenvalue weighted by molar-refractivity contribution is 5.64. The van der Waals surface area contributed by atoms with Gasteiger partial charge in [0, 0.05) is 5.56 Å². The Morgan fingerprint density at radius 1 is 1.18 bits per heavy atom. The summed E-state index contributed by atoms with van der Waals surface area (Å²) in [6.45, 7) is 0. The molecule has 5 heteroatoms. The van der Waals surface area contributed by atoms with E-state index in [9.17, 15) is 8.78 Å². The number of nitrogen functional groups attached to an aromatic ring is 1. The molecule has 0 fully saturated rings. The second-order valence-corrected chi connectivity index (χ2v) is 3.37. The van der Waals surface area contributed by atoms with Gasteiger partial charge in [-0.3, -0.25) is 0 Å². The van der Waals surface area contributed by atoms with Crippen LogP contribution in [0.2, 0.25) is 0 Å². The highest BCUT2D eigenvalue weighted by Crippen LogP contribution is 2.23. The minimum absolute atomic E-state index is 0.00587. The molecule has 84 valence electrons. The summed E-state index contributed by atoms with van der Waals surface area (Å²) in [5, 5.41) is 8.67. The first kappa shape index (κ1) is 11.0. The van der Waals surface area contributed by atoms with Gasteiger partial charge in [-0.25, -0.2) is 13.8 Å². The van der Waals surface area contributed by atoms with Crippen LogP contribution in [0.15, 0.2) is 30.3 Å². The number of aromatic nitrogens is 1. The smallest absolute Gasteiger partial charge is 0.142 e. The quantitative estimate of drug-likeness (QED) is 0.820. The molecule has 1 aromatic heterocycles. The van der Waals surface area contributed by atoms with Crippen molar-refractivity contribution < 1.29 is 8.78 Å². The van der Waals surface area contributed by atoms with Gasteiger partial charge in [-0.1, -0.05) is 0 Å². The molecule has 0 amide bonds. The van der Waals surface area contributed by atoms with Gasteiger partial charge >= 0.3 is 0 Å². The lowest BCUT2D eigenvalue weighted by atomic mass is 10.1. The average molecular weight is 231 g/mol. The van der Waals surface area contributed by atoms with Crippen molar-refractivity contribution in [3.63, 3.8) is 0 Å². The van der Waals surface area contributed by atoms with E-state index in [1.165, 1.54) is 12.1 Å². The number of nitrogens with two attached hydrogens (primary N) is 1. The van der Waals surface area contributed by atoms with Crippen LogP contribution < -0.4 is 5.73 Å². The average Bonchev–Trinajstić information content (AvgIpc) is 2.32. The zero-order valence-electron chi connectivity index (χ0n) is 8.61. The Kier molecular flexibility index (Phi) is 2.71. The van der Waals surface area contributed by atoms with E-state index in [-0.39, 0.29) is 22.6 Å². The Balaban J connectivity index is 2.58. The first-order chi connectivity index (χ1) is 8.11. The van der Waals surface area contributed by atoms with Crippen LogP contribution in [0.1, 0.15) is 5.56 Å². The summed E-state index contributed by atoms with van der Waals surface area (Å²) < 4.78 is 26.5. The lowest BCUT2D eigenvalue weighted by Gasteiger charge is -2.04. The number of rotatable bonds is 1. The highest BCUT2D eigenvalue weighted by atomic mass is 19.1. The van der Waals surface area contributed by atoms with Crippen LogP contribution in [0.3, 0.4) is 0 Å². The van der Waals surface area contributed by atoms with E-state index in [4.69, 9.17) is 11.0 Å². The number of hydrogen-bond donors (Lipinski definition) is 1. The Morgan fingerprint density at radius 2 is 1.94 bits per heavy atom. The van der Waals surface area contributed by atoms with Crippen molar-refractivity contribution >= 4 is 5.82 Å². The Bertz CT molecular complexity index is 618. The summed E-state index contributed by atoms with van der Waals surface area (Å²) in [4.78, 5) is 3.86. The van der Waals surface area contributed by atoms with Gasteiger partial charge in [0.2, 0.25) is 0 Å². The van der Waals surface area contributed by atoms with Gasteiger partial charge in [-0.05, 0) is 30.3 Å². The molecule has 0 radical (unpaired) electrons. The first-order valence-electron chi connectivity index (χ1n) is 4.74. The van der Waals surface area contributed by atoms with E-state index >= 15 is 0 Å². The Morgan fingerprint density at radius 3 is 2.59 bits per heavy atom. The molecule has 0 bridgehead atoms. The van der Waals surface area contributed by atoms with Crippen LogP contribution in [-0.2, 0) is 0 Å². The van der Waals surface area contributed by atoms with Crippen molar-refractivity contribution in [2.24, 2.45) is 0 Å². The van der Waals surface area contributed by atoms with Crippen molar-refractivity contribution in [2.45, 2.75) is 0 Å². The molecule has 0 aliphatic carbocycles. The minimum atomic E-state index is -0.594. The maximum absolute atomic E-state index is 13.5. The number of benzene rings is 1. The van der Waals surface area contributed by atoms with Crippen LogP contribution in [0, 0.1) is 23.0 Å². The lowest BCUT2D eigenvalue weighted by molar-refractivity contribution is 0.602. The lowest BCUT2D eigenvalue weighted by Crippen LogP contribution is -1.97. The van der Waals surface area contributed by atoms with Gasteiger partial charge in [-0.2, -0.15) is 5.26 Å². The summed E-state index contributed by atoms with van der Waals surface area (Å²) in [7, 11) is 0. The fourth-order valence-corrected chi connectivity index (χ4v) is 1.41. The van der Waals surface area contributed by atoms with Gasteiger partial charge in [-0.15, -0.1) is 0 Å². The molecule has 2 aromatic rings. The molecular weight excluding hydrogens is 224 g/mol. The molecule has 0 aliphatic heterocycles.